The monoisotopic (exact) mass is 351 g/mol. The van der Waals surface area contributed by atoms with Crippen molar-refractivity contribution in [3.05, 3.63) is 33.8 Å². The van der Waals surface area contributed by atoms with Gasteiger partial charge >= 0.3 is 6.18 Å². The second-order valence-electron chi connectivity index (χ2n) is 5.83. The first-order chi connectivity index (χ1) is 10.2. The molecule has 3 unspecified atom stereocenters. The summed E-state index contributed by atoms with van der Waals surface area (Å²) in [6.45, 7) is 1.76. The van der Waals surface area contributed by atoms with Crippen LogP contribution in [0.25, 0.3) is 0 Å². The molecule has 1 heterocycles. The molecule has 0 saturated heterocycles. The molecule has 120 valence electrons. The Morgan fingerprint density at radius 2 is 1.77 bits per heavy atom. The highest BCUT2D eigenvalue weighted by Gasteiger charge is 2.61. The van der Waals surface area contributed by atoms with E-state index in [9.17, 15) is 13.2 Å². The number of nitrogens with two attached hydrogens (primary N) is 1. The van der Waals surface area contributed by atoms with Crippen LogP contribution in [0.15, 0.2) is 23.2 Å². The quantitative estimate of drug-likeness (QED) is 0.812. The van der Waals surface area contributed by atoms with Crippen molar-refractivity contribution in [2.45, 2.75) is 31.1 Å². The van der Waals surface area contributed by atoms with Crippen LogP contribution < -0.4 is 11.1 Å². The highest BCUT2D eigenvalue weighted by molar-refractivity contribution is 6.34. The number of aliphatic imine (C=N–C) groups is 1. The molecule has 0 radical (unpaired) electrons. The fourth-order valence-electron chi connectivity index (χ4n) is 3.73. The first kappa shape index (κ1) is 15.7. The number of nitrogens with zero attached hydrogens (tertiary/aromatic N) is 1. The van der Waals surface area contributed by atoms with Gasteiger partial charge in [0.1, 0.15) is 0 Å². The molecule has 0 amide bonds. The van der Waals surface area contributed by atoms with Crippen LogP contribution in [0.2, 0.25) is 10.0 Å². The van der Waals surface area contributed by atoms with Gasteiger partial charge in [-0.15, -0.1) is 0 Å². The maximum atomic E-state index is 13.6. The second kappa shape index (κ2) is 5.20. The molecule has 1 aliphatic carbocycles. The van der Waals surface area contributed by atoms with Crippen molar-refractivity contribution in [3.8, 4) is 0 Å². The van der Waals surface area contributed by atoms with E-state index in [0.29, 0.717) is 15.6 Å². The summed E-state index contributed by atoms with van der Waals surface area (Å²) in [6.07, 6.45) is -4.37. The zero-order valence-electron chi connectivity index (χ0n) is 11.5. The summed E-state index contributed by atoms with van der Waals surface area (Å²) in [7, 11) is 0. The largest absolute Gasteiger partial charge is 0.394 e. The van der Waals surface area contributed by atoms with Crippen LogP contribution in [0.5, 0.6) is 0 Å². The normalized spacial score (nSPS) is 34.3. The Bertz CT molecular complexity index is 612. The summed E-state index contributed by atoms with van der Waals surface area (Å²) < 4.78 is 40.9. The SMILES string of the molecule is C[C@@H]1C2N=C(N)NC2C(C(F)(F)F)[C@@H]1c1cc(Cl)cc(Cl)c1. The second-order valence-corrected chi connectivity index (χ2v) is 6.70. The molecule has 1 aliphatic heterocycles. The molecule has 0 spiro atoms. The molecule has 5 atom stereocenters. The smallest absolute Gasteiger partial charge is 0.370 e. The van der Waals surface area contributed by atoms with Gasteiger partial charge in [-0.05, 0) is 29.7 Å². The third-order valence-electron chi connectivity index (χ3n) is 4.50. The molecule has 8 heteroatoms. The maximum absolute atomic E-state index is 13.6. The molecule has 0 aromatic heterocycles. The van der Waals surface area contributed by atoms with E-state index in [1.54, 1.807) is 19.1 Å². The highest BCUT2D eigenvalue weighted by atomic mass is 35.5. The number of alkyl halides is 3. The van der Waals surface area contributed by atoms with E-state index in [-0.39, 0.29) is 11.9 Å². The standard InChI is InChI=1S/C14H14Cl2F3N3/c1-5-9(6-2-7(15)4-8(16)3-6)10(14(17,18)19)12-11(5)21-13(20)22-12/h2-5,9-12H,1H3,(H3,20,21,22)/t5-,9-,10?,11?,12?/m0/s1. The van der Waals surface area contributed by atoms with Crippen LogP contribution in [-0.2, 0) is 0 Å². The van der Waals surface area contributed by atoms with Crippen molar-refractivity contribution in [2.75, 3.05) is 0 Å². The number of rotatable bonds is 1. The summed E-state index contributed by atoms with van der Waals surface area (Å²) in [5.41, 5.74) is 6.04. The zero-order chi connectivity index (χ0) is 16.2. The molecule has 3 N–H and O–H groups in total. The molecule has 3 rings (SSSR count). The van der Waals surface area contributed by atoms with Crippen molar-refractivity contribution in [3.63, 3.8) is 0 Å². The number of halogens is 5. The van der Waals surface area contributed by atoms with Crippen LogP contribution in [0.1, 0.15) is 18.4 Å². The number of nitrogens with one attached hydrogen (secondary N) is 1. The molecule has 22 heavy (non-hydrogen) atoms. The predicted octanol–water partition coefficient (Wildman–Crippen LogP) is 3.56. The number of guanidine groups is 1. The van der Waals surface area contributed by atoms with E-state index in [1.807, 2.05) is 0 Å². The van der Waals surface area contributed by atoms with Gasteiger partial charge in [-0.3, -0.25) is 0 Å². The first-order valence-electron chi connectivity index (χ1n) is 6.81. The Morgan fingerprint density at radius 1 is 1.18 bits per heavy atom. The Labute approximate surface area is 135 Å². The summed E-state index contributed by atoms with van der Waals surface area (Å²) in [5, 5.41) is 3.32. The van der Waals surface area contributed by atoms with E-state index in [4.69, 9.17) is 28.9 Å². The maximum Gasteiger partial charge on any atom is 0.394 e. The number of fused-ring (bicyclic) bond motifs is 1. The minimum Gasteiger partial charge on any atom is -0.370 e. The summed E-state index contributed by atoms with van der Waals surface area (Å²) in [6, 6.07) is 3.24. The highest BCUT2D eigenvalue weighted by Crippen LogP contribution is 2.53. The lowest BCUT2D eigenvalue weighted by atomic mass is 9.82. The van der Waals surface area contributed by atoms with Crippen LogP contribution in [0.3, 0.4) is 0 Å². The van der Waals surface area contributed by atoms with E-state index >= 15 is 0 Å². The molecule has 1 fully saturated rings. The van der Waals surface area contributed by atoms with Crippen LogP contribution in [0, 0.1) is 11.8 Å². The Kier molecular flexibility index (Phi) is 3.72. The van der Waals surface area contributed by atoms with Gasteiger partial charge in [-0.2, -0.15) is 13.2 Å². The van der Waals surface area contributed by atoms with Gasteiger partial charge in [0.2, 0.25) is 0 Å². The lowest BCUT2D eigenvalue weighted by Gasteiger charge is -2.28. The van der Waals surface area contributed by atoms with Crippen LogP contribution in [0.4, 0.5) is 13.2 Å². The van der Waals surface area contributed by atoms with Gasteiger partial charge < -0.3 is 11.1 Å². The lowest BCUT2D eigenvalue weighted by Crippen LogP contribution is -2.45. The molecule has 0 bridgehead atoms. The molecular formula is C14H14Cl2F3N3. The van der Waals surface area contributed by atoms with Crippen LogP contribution in [-0.4, -0.2) is 24.2 Å². The van der Waals surface area contributed by atoms with Crippen LogP contribution >= 0.6 is 23.2 Å². The van der Waals surface area contributed by atoms with E-state index in [0.717, 1.165) is 0 Å². The third kappa shape index (κ3) is 2.52. The molecule has 1 aromatic rings. The summed E-state index contributed by atoms with van der Waals surface area (Å²) in [5.74, 6) is -2.62. The van der Waals surface area contributed by atoms with Gasteiger partial charge in [-0.25, -0.2) is 4.99 Å². The lowest BCUT2D eigenvalue weighted by molar-refractivity contribution is -0.182. The molecule has 1 aromatic carbocycles. The fourth-order valence-corrected chi connectivity index (χ4v) is 4.27. The topological polar surface area (TPSA) is 50.4 Å². The molecule has 1 saturated carbocycles. The third-order valence-corrected chi connectivity index (χ3v) is 4.93. The van der Waals surface area contributed by atoms with E-state index in [1.165, 1.54) is 6.07 Å². The molecular weight excluding hydrogens is 338 g/mol. The number of hydrogen-bond donors (Lipinski definition) is 2. The van der Waals surface area contributed by atoms with Crippen molar-refractivity contribution in [2.24, 2.45) is 22.6 Å². The van der Waals surface area contributed by atoms with Gasteiger partial charge in [0, 0.05) is 16.0 Å². The number of benzene rings is 1. The van der Waals surface area contributed by atoms with Gasteiger partial charge in [0.25, 0.3) is 0 Å². The number of hydrogen-bond acceptors (Lipinski definition) is 3. The first-order valence-corrected chi connectivity index (χ1v) is 7.56. The Balaban J connectivity index is 2.08. The zero-order valence-corrected chi connectivity index (χ0v) is 13.0. The van der Waals surface area contributed by atoms with Crippen molar-refractivity contribution < 1.29 is 13.2 Å². The van der Waals surface area contributed by atoms with Gasteiger partial charge in [-0.1, -0.05) is 30.1 Å². The van der Waals surface area contributed by atoms with Gasteiger partial charge in [0.15, 0.2) is 5.96 Å². The average Bonchev–Trinajstić information content (AvgIpc) is 2.84. The van der Waals surface area contributed by atoms with Crippen molar-refractivity contribution in [1.82, 2.24) is 5.32 Å². The average molecular weight is 352 g/mol. The molecule has 3 nitrogen and oxygen atoms in total. The summed E-state index contributed by atoms with van der Waals surface area (Å²) >= 11 is 11.9. The Morgan fingerprint density at radius 3 is 2.32 bits per heavy atom. The van der Waals surface area contributed by atoms with E-state index in [2.05, 4.69) is 10.3 Å². The van der Waals surface area contributed by atoms with E-state index < -0.39 is 30.1 Å². The Hall–Kier alpha value is -1.14. The van der Waals surface area contributed by atoms with Gasteiger partial charge in [0.05, 0.1) is 18.0 Å². The fraction of sp³-hybridized carbons (Fsp3) is 0.500. The minimum absolute atomic E-state index is 0.0682. The minimum atomic E-state index is -4.37. The summed E-state index contributed by atoms with van der Waals surface area (Å²) in [4.78, 5) is 4.13. The van der Waals surface area contributed by atoms with Crippen molar-refractivity contribution in [1.29, 1.82) is 0 Å². The molecule has 2 aliphatic rings. The predicted molar refractivity (Wildman–Crippen MR) is 80.2 cm³/mol. The van der Waals surface area contributed by atoms with Crippen molar-refractivity contribution >= 4 is 29.2 Å².